The molecule has 4 heterocycles. The fraction of sp³-hybridized carbons (Fsp3) is 0.353. The van der Waals surface area contributed by atoms with Gasteiger partial charge >= 0.3 is 0 Å². The number of benzene rings is 1. The van der Waals surface area contributed by atoms with Crippen LogP contribution in [-0.2, 0) is 0 Å². The fourth-order valence-electron chi connectivity index (χ4n) is 4.01. The van der Waals surface area contributed by atoms with E-state index in [1.165, 1.54) is 11.3 Å². The van der Waals surface area contributed by atoms with Crippen molar-refractivity contribution in [2.24, 2.45) is 0 Å². The Morgan fingerprint density at radius 3 is 2.88 bits per heavy atom. The quantitative estimate of drug-likeness (QED) is 0.711. The molecule has 8 heteroatoms. The maximum atomic E-state index is 13.0. The van der Waals surface area contributed by atoms with Gasteiger partial charge < -0.3 is 10.1 Å². The number of nitrogens with zero attached hydrogens (tertiary/aromatic N) is 5. The molecule has 0 saturated carbocycles. The molecule has 1 amide bonds. The highest BCUT2D eigenvalue weighted by molar-refractivity contribution is 7.13. The zero-order valence-electron chi connectivity index (χ0n) is 13.7. The molecule has 0 spiro atoms. The molecule has 3 aromatic rings. The first kappa shape index (κ1) is 14.9. The van der Waals surface area contributed by atoms with Gasteiger partial charge in [-0.1, -0.05) is 6.07 Å². The van der Waals surface area contributed by atoms with Crippen molar-refractivity contribution in [3.8, 4) is 10.6 Å². The van der Waals surface area contributed by atoms with Crippen LogP contribution in [-0.4, -0.2) is 68.1 Å². The van der Waals surface area contributed by atoms with Crippen molar-refractivity contribution in [3.63, 3.8) is 0 Å². The van der Waals surface area contributed by atoms with Crippen molar-refractivity contribution >= 4 is 28.1 Å². The maximum absolute atomic E-state index is 13.0. The van der Waals surface area contributed by atoms with E-state index in [0.29, 0.717) is 22.6 Å². The van der Waals surface area contributed by atoms with E-state index in [9.17, 15) is 10.0 Å². The first-order valence-corrected chi connectivity index (χ1v) is 9.13. The van der Waals surface area contributed by atoms with E-state index in [4.69, 9.17) is 0 Å². The molecule has 2 atom stereocenters. The number of carbonyl (C=O) groups is 1. The topological polar surface area (TPSA) is 74.5 Å². The molecular formula is C17H17N5O2S. The lowest BCUT2D eigenvalue weighted by atomic mass is 10.1. The van der Waals surface area contributed by atoms with E-state index in [2.05, 4.69) is 22.0 Å². The highest BCUT2D eigenvalue weighted by Crippen LogP contribution is 2.32. The number of fused-ring (bicyclic) bond motifs is 3. The molecule has 1 aromatic carbocycles. The summed E-state index contributed by atoms with van der Waals surface area (Å²) in [7, 11) is 2.10. The molecule has 128 valence electrons. The van der Waals surface area contributed by atoms with Gasteiger partial charge in [0.05, 0.1) is 0 Å². The van der Waals surface area contributed by atoms with Gasteiger partial charge in [-0.15, -0.1) is 21.3 Å². The summed E-state index contributed by atoms with van der Waals surface area (Å²) in [5.74, 6) is -0.0969. The van der Waals surface area contributed by atoms with Gasteiger partial charge in [0, 0.05) is 47.7 Å². The number of rotatable bonds is 2. The molecule has 5 rings (SSSR count). The van der Waals surface area contributed by atoms with E-state index in [0.717, 1.165) is 34.9 Å². The van der Waals surface area contributed by atoms with Gasteiger partial charge in [-0.3, -0.25) is 9.69 Å². The van der Waals surface area contributed by atoms with Gasteiger partial charge in [-0.2, -0.15) is 0 Å². The van der Waals surface area contributed by atoms with Crippen LogP contribution < -0.4 is 0 Å². The van der Waals surface area contributed by atoms with E-state index in [1.807, 2.05) is 28.5 Å². The number of likely N-dealkylation sites (N-methyl/N-ethyl adjacent to an activating group) is 1. The van der Waals surface area contributed by atoms with Crippen LogP contribution >= 0.6 is 11.3 Å². The maximum Gasteiger partial charge on any atom is 0.275 e. The van der Waals surface area contributed by atoms with Crippen LogP contribution in [0.1, 0.15) is 16.9 Å². The molecule has 25 heavy (non-hydrogen) atoms. The number of hydrogen-bond donors (Lipinski definition) is 1. The second-order valence-corrected chi connectivity index (χ2v) is 7.64. The summed E-state index contributed by atoms with van der Waals surface area (Å²) >= 11 is 1.53. The van der Waals surface area contributed by atoms with Crippen molar-refractivity contribution in [2.75, 3.05) is 20.1 Å². The molecule has 2 aromatic heterocycles. The predicted molar refractivity (Wildman–Crippen MR) is 93.9 cm³/mol. The van der Waals surface area contributed by atoms with Crippen molar-refractivity contribution in [2.45, 2.75) is 18.5 Å². The zero-order valence-corrected chi connectivity index (χ0v) is 14.5. The monoisotopic (exact) mass is 355 g/mol. The largest absolute Gasteiger partial charge is 0.411 e. The average molecular weight is 355 g/mol. The van der Waals surface area contributed by atoms with E-state index in [-0.39, 0.29) is 11.9 Å². The second-order valence-electron chi connectivity index (χ2n) is 6.75. The molecule has 2 fully saturated rings. The minimum atomic E-state index is -0.0969. The van der Waals surface area contributed by atoms with Crippen LogP contribution in [0.5, 0.6) is 0 Å². The van der Waals surface area contributed by atoms with Gasteiger partial charge in [-0.05, 0) is 25.6 Å². The Kier molecular flexibility index (Phi) is 3.13. The number of likely N-dealkylation sites (tertiary alicyclic amines) is 2. The third kappa shape index (κ3) is 2.17. The molecule has 2 aliphatic heterocycles. The lowest BCUT2D eigenvalue weighted by Gasteiger charge is -2.31. The SMILES string of the molecule is CN1C[C@@H]2C[C@H]1CN2C(=O)c1nn(O)c2cc(-c3nccs3)ccc12. The highest BCUT2D eigenvalue weighted by Gasteiger charge is 2.44. The van der Waals surface area contributed by atoms with E-state index >= 15 is 0 Å². The Bertz CT molecular complexity index is 965. The van der Waals surface area contributed by atoms with E-state index < -0.39 is 0 Å². The number of hydrogen-bond acceptors (Lipinski definition) is 6. The zero-order chi connectivity index (χ0) is 17.1. The summed E-state index contributed by atoms with van der Waals surface area (Å²) in [5.41, 5.74) is 1.74. The van der Waals surface area contributed by atoms with Crippen molar-refractivity contribution in [1.29, 1.82) is 0 Å². The summed E-state index contributed by atoms with van der Waals surface area (Å²) in [6, 6.07) is 6.27. The first-order chi connectivity index (χ1) is 12.1. The molecule has 0 aliphatic carbocycles. The molecule has 2 bridgehead atoms. The third-order valence-electron chi connectivity index (χ3n) is 5.32. The van der Waals surface area contributed by atoms with Crippen molar-refractivity contribution in [1.82, 2.24) is 24.7 Å². The Balaban J connectivity index is 1.53. The number of piperazine rings is 1. The number of carbonyl (C=O) groups excluding carboxylic acids is 1. The smallest absolute Gasteiger partial charge is 0.275 e. The Hall–Kier alpha value is -2.45. The first-order valence-electron chi connectivity index (χ1n) is 8.25. The van der Waals surface area contributed by atoms with E-state index in [1.54, 1.807) is 6.20 Å². The molecule has 7 nitrogen and oxygen atoms in total. The Morgan fingerprint density at radius 2 is 2.20 bits per heavy atom. The van der Waals surface area contributed by atoms with Crippen LogP contribution in [0.15, 0.2) is 29.8 Å². The second kappa shape index (κ2) is 5.27. The lowest BCUT2D eigenvalue weighted by molar-refractivity contribution is 0.0637. The van der Waals surface area contributed by atoms with Gasteiger partial charge in [0.2, 0.25) is 0 Å². The minimum absolute atomic E-state index is 0.0969. The number of amides is 1. The Labute approximate surface area is 148 Å². The molecular weight excluding hydrogens is 338 g/mol. The minimum Gasteiger partial charge on any atom is -0.411 e. The average Bonchev–Trinajstić information content (AvgIpc) is 3.37. The highest BCUT2D eigenvalue weighted by atomic mass is 32.1. The van der Waals surface area contributed by atoms with Gasteiger partial charge in [-0.25, -0.2) is 4.98 Å². The van der Waals surface area contributed by atoms with Crippen molar-refractivity contribution < 1.29 is 10.0 Å². The molecule has 1 N–H and O–H groups in total. The predicted octanol–water partition coefficient (Wildman–Crippen LogP) is 1.93. The normalized spacial score (nSPS) is 23.0. The lowest BCUT2D eigenvalue weighted by Crippen LogP contribution is -2.47. The summed E-state index contributed by atoms with van der Waals surface area (Å²) in [5, 5.41) is 17.7. The van der Waals surface area contributed by atoms with Crippen LogP contribution in [0, 0.1) is 0 Å². The molecule has 0 unspecified atom stereocenters. The summed E-state index contributed by atoms with van der Waals surface area (Å²) in [4.78, 5) is 22.3. The number of thiazole rings is 1. The fourth-order valence-corrected chi connectivity index (χ4v) is 4.64. The van der Waals surface area contributed by atoms with Crippen LogP contribution in [0.4, 0.5) is 0 Å². The summed E-state index contributed by atoms with van der Waals surface area (Å²) < 4.78 is 0. The summed E-state index contributed by atoms with van der Waals surface area (Å²) in [6.45, 7) is 1.64. The third-order valence-corrected chi connectivity index (χ3v) is 6.14. The van der Waals surface area contributed by atoms with Crippen LogP contribution in [0.2, 0.25) is 0 Å². The van der Waals surface area contributed by atoms with Crippen LogP contribution in [0.25, 0.3) is 21.5 Å². The Morgan fingerprint density at radius 1 is 1.32 bits per heavy atom. The van der Waals surface area contributed by atoms with Crippen LogP contribution in [0.3, 0.4) is 0 Å². The molecule has 0 radical (unpaired) electrons. The van der Waals surface area contributed by atoms with Gasteiger partial charge in [0.15, 0.2) is 5.69 Å². The molecule has 2 saturated heterocycles. The van der Waals surface area contributed by atoms with Gasteiger partial charge in [0.25, 0.3) is 5.91 Å². The standard InChI is InChI=1S/C17H17N5O2S/c1-20-8-12-7-11(20)9-21(12)17(23)15-13-3-2-10(16-18-4-5-25-16)6-14(13)22(24)19-15/h2-6,11-12,24H,7-9H2,1H3/t11-,12-/m0/s1. The van der Waals surface area contributed by atoms with Gasteiger partial charge in [0.1, 0.15) is 10.5 Å². The summed E-state index contributed by atoms with van der Waals surface area (Å²) in [6.07, 6.45) is 2.77. The number of aromatic nitrogens is 3. The van der Waals surface area contributed by atoms with Crippen molar-refractivity contribution in [3.05, 3.63) is 35.5 Å². The molecule has 2 aliphatic rings.